The summed E-state index contributed by atoms with van der Waals surface area (Å²) in [5.41, 5.74) is 0.804. The molecule has 0 spiro atoms. The standard InChI is InChI=1S/C14H23N3O2S/c1-4-19-13(18)7-12-10-20-14(15-12)17(3)9-11-5-6-16(2)8-11/h10-11H,4-9H2,1-3H3. The summed E-state index contributed by atoms with van der Waals surface area (Å²) >= 11 is 1.60. The maximum atomic E-state index is 11.4. The lowest BCUT2D eigenvalue weighted by Gasteiger charge is -2.20. The van der Waals surface area contributed by atoms with E-state index < -0.39 is 0 Å². The number of rotatable bonds is 6. The highest BCUT2D eigenvalue weighted by Crippen LogP contribution is 2.23. The van der Waals surface area contributed by atoms with Gasteiger partial charge in [0.05, 0.1) is 18.7 Å². The van der Waals surface area contributed by atoms with Crippen molar-refractivity contribution in [2.45, 2.75) is 19.8 Å². The minimum absolute atomic E-state index is 0.204. The number of ether oxygens (including phenoxy) is 1. The molecular formula is C14H23N3O2S. The smallest absolute Gasteiger partial charge is 0.311 e. The summed E-state index contributed by atoms with van der Waals surface area (Å²) in [4.78, 5) is 20.5. The van der Waals surface area contributed by atoms with Crippen molar-refractivity contribution in [3.63, 3.8) is 0 Å². The van der Waals surface area contributed by atoms with Crippen molar-refractivity contribution in [2.75, 3.05) is 45.2 Å². The Morgan fingerprint density at radius 3 is 3.10 bits per heavy atom. The van der Waals surface area contributed by atoms with Crippen LogP contribution >= 0.6 is 11.3 Å². The molecule has 0 radical (unpaired) electrons. The molecule has 0 bridgehead atoms. The molecule has 1 aromatic rings. The van der Waals surface area contributed by atoms with Gasteiger partial charge in [-0.05, 0) is 32.9 Å². The number of hydrogen-bond donors (Lipinski definition) is 0. The fourth-order valence-electron chi connectivity index (χ4n) is 2.55. The van der Waals surface area contributed by atoms with Gasteiger partial charge in [-0.15, -0.1) is 11.3 Å². The summed E-state index contributed by atoms with van der Waals surface area (Å²) in [6.07, 6.45) is 1.52. The van der Waals surface area contributed by atoms with Crippen molar-refractivity contribution in [3.05, 3.63) is 11.1 Å². The van der Waals surface area contributed by atoms with Gasteiger partial charge >= 0.3 is 5.97 Å². The highest BCUT2D eigenvalue weighted by atomic mass is 32.1. The molecule has 0 amide bonds. The molecule has 112 valence electrons. The van der Waals surface area contributed by atoms with Crippen LogP contribution in [-0.4, -0.2) is 56.2 Å². The first-order chi connectivity index (χ1) is 9.58. The van der Waals surface area contributed by atoms with Crippen molar-refractivity contribution in [1.29, 1.82) is 0 Å². The Balaban J connectivity index is 1.86. The zero-order valence-corrected chi connectivity index (χ0v) is 13.3. The van der Waals surface area contributed by atoms with E-state index >= 15 is 0 Å². The number of likely N-dealkylation sites (tertiary alicyclic amines) is 1. The average molecular weight is 297 g/mol. The molecule has 1 saturated heterocycles. The van der Waals surface area contributed by atoms with Gasteiger partial charge in [0.1, 0.15) is 0 Å². The van der Waals surface area contributed by atoms with Gasteiger partial charge in [0.2, 0.25) is 0 Å². The number of nitrogens with zero attached hydrogens (tertiary/aromatic N) is 3. The maximum Gasteiger partial charge on any atom is 0.311 e. The van der Waals surface area contributed by atoms with Crippen molar-refractivity contribution in [2.24, 2.45) is 5.92 Å². The van der Waals surface area contributed by atoms with Gasteiger partial charge in [0.15, 0.2) is 5.13 Å². The minimum Gasteiger partial charge on any atom is -0.466 e. The Kier molecular flexibility index (Phi) is 5.37. The molecule has 0 saturated carbocycles. The fourth-order valence-corrected chi connectivity index (χ4v) is 3.36. The van der Waals surface area contributed by atoms with E-state index in [1.807, 2.05) is 12.3 Å². The lowest BCUT2D eigenvalue weighted by Crippen LogP contribution is -2.27. The van der Waals surface area contributed by atoms with Crippen LogP contribution in [0.1, 0.15) is 19.0 Å². The lowest BCUT2D eigenvalue weighted by molar-refractivity contribution is -0.142. The summed E-state index contributed by atoms with van der Waals surface area (Å²) in [7, 11) is 4.24. The van der Waals surface area contributed by atoms with Gasteiger partial charge in [-0.2, -0.15) is 0 Å². The number of hydrogen-bond acceptors (Lipinski definition) is 6. The highest BCUT2D eigenvalue weighted by molar-refractivity contribution is 7.13. The van der Waals surface area contributed by atoms with E-state index in [2.05, 4.69) is 28.9 Å². The third kappa shape index (κ3) is 4.18. The largest absolute Gasteiger partial charge is 0.466 e. The quantitative estimate of drug-likeness (QED) is 0.747. The second-order valence-electron chi connectivity index (χ2n) is 5.40. The van der Waals surface area contributed by atoms with Crippen LogP contribution in [-0.2, 0) is 16.0 Å². The van der Waals surface area contributed by atoms with E-state index in [1.165, 1.54) is 13.0 Å². The predicted molar refractivity (Wildman–Crippen MR) is 81.3 cm³/mol. The Hall–Kier alpha value is -1.14. The Bertz CT molecular complexity index is 449. The van der Waals surface area contributed by atoms with E-state index in [0.717, 1.165) is 23.9 Å². The van der Waals surface area contributed by atoms with Gasteiger partial charge in [0.25, 0.3) is 0 Å². The van der Waals surface area contributed by atoms with Gasteiger partial charge in [-0.25, -0.2) is 4.98 Å². The summed E-state index contributed by atoms with van der Waals surface area (Å²) in [5, 5.41) is 2.93. The zero-order chi connectivity index (χ0) is 14.5. The van der Waals surface area contributed by atoms with Crippen molar-refractivity contribution in [1.82, 2.24) is 9.88 Å². The molecule has 1 aromatic heterocycles. The first kappa shape index (κ1) is 15.3. The Morgan fingerprint density at radius 2 is 2.45 bits per heavy atom. The first-order valence-corrected chi connectivity index (χ1v) is 7.96. The van der Waals surface area contributed by atoms with E-state index in [9.17, 15) is 4.79 Å². The molecule has 20 heavy (non-hydrogen) atoms. The van der Waals surface area contributed by atoms with Crippen molar-refractivity contribution < 1.29 is 9.53 Å². The summed E-state index contributed by atoms with van der Waals surface area (Å²) in [6.45, 7) is 5.61. The van der Waals surface area contributed by atoms with E-state index in [4.69, 9.17) is 4.74 Å². The average Bonchev–Trinajstić information content (AvgIpc) is 2.99. The van der Waals surface area contributed by atoms with Crippen LogP contribution in [0.25, 0.3) is 0 Å². The molecule has 2 rings (SSSR count). The number of anilines is 1. The number of carbonyl (C=O) groups excluding carboxylic acids is 1. The molecule has 5 nitrogen and oxygen atoms in total. The minimum atomic E-state index is -0.204. The van der Waals surface area contributed by atoms with E-state index in [0.29, 0.717) is 12.5 Å². The normalized spacial score (nSPS) is 19.2. The van der Waals surface area contributed by atoms with Crippen LogP contribution in [0.3, 0.4) is 0 Å². The summed E-state index contributed by atoms with van der Waals surface area (Å²) in [6, 6.07) is 0. The Morgan fingerprint density at radius 1 is 1.65 bits per heavy atom. The second-order valence-corrected chi connectivity index (χ2v) is 6.24. The monoisotopic (exact) mass is 297 g/mol. The summed E-state index contributed by atoms with van der Waals surface area (Å²) in [5.74, 6) is 0.506. The summed E-state index contributed by atoms with van der Waals surface area (Å²) < 4.78 is 4.94. The molecule has 2 heterocycles. The zero-order valence-electron chi connectivity index (χ0n) is 12.5. The van der Waals surface area contributed by atoms with Gasteiger partial charge in [-0.1, -0.05) is 0 Å². The number of aromatic nitrogens is 1. The fraction of sp³-hybridized carbons (Fsp3) is 0.714. The van der Waals surface area contributed by atoms with Gasteiger partial charge in [-0.3, -0.25) is 4.79 Å². The third-order valence-electron chi connectivity index (χ3n) is 3.52. The van der Waals surface area contributed by atoms with Crippen molar-refractivity contribution >= 4 is 22.4 Å². The SMILES string of the molecule is CCOC(=O)Cc1csc(N(C)CC2CCN(C)C2)n1. The number of thiazole rings is 1. The molecule has 0 aliphatic carbocycles. The van der Waals surface area contributed by atoms with Crippen LogP contribution in [0.2, 0.25) is 0 Å². The highest BCUT2D eigenvalue weighted by Gasteiger charge is 2.21. The lowest BCUT2D eigenvalue weighted by atomic mass is 10.1. The second kappa shape index (κ2) is 7.04. The van der Waals surface area contributed by atoms with Gasteiger partial charge < -0.3 is 14.5 Å². The topological polar surface area (TPSA) is 45.7 Å². The maximum absolute atomic E-state index is 11.4. The third-order valence-corrected chi connectivity index (χ3v) is 4.52. The van der Waals surface area contributed by atoms with Crippen LogP contribution < -0.4 is 4.90 Å². The van der Waals surface area contributed by atoms with E-state index in [-0.39, 0.29) is 12.4 Å². The van der Waals surface area contributed by atoms with E-state index in [1.54, 1.807) is 11.3 Å². The predicted octanol–water partition coefficient (Wildman–Crippen LogP) is 1.64. The molecule has 1 aliphatic heterocycles. The van der Waals surface area contributed by atoms with Crippen LogP contribution in [0.15, 0.2) is 5.38 Å². The molecule has 1 unspecified atom stereocenters. The molecule has 1 fully saturated rings. The molecule has 1 atom stereocenters. The van der Waals surface area contributed by atoms with Crippen LogP contribution in [0.5, 0.6) is 0 Å². The van der Waals surface area contributed by atoms with Crippen LogP contribution in [0, 0.1) is 5.92 Å². The van der Waals surface area contributed by atoms with Gasteiger partial charge in [0, 0.05) is 25.5 Å². The Labute approximate surface area is 124 Å². The van der Waals surface area contributed by atoms with Crippen molar-refractivity contribution in [3.8, 4) is 0 Å². The molecule has 6 heteroatoms. The molecule has 1 aliphatic rings. The molecular weight excluding hydrogens is 274 g/mol. The first-order valence-electron chi connectivity index (χ1n) is 7.08. The number of carbonyl (C=O) groups is 1. The number of esters is 1. The van der Waals surface area contributed by atoms with Crippen LogP contribution in [0.4, 0.5) is 5.13 Å². The molecule has 0 N–H and O–H groups in total. The molecule has 0 aromatic carbocycles.